The van der Waals surface area contributed by atoms with E-state index in [0.29, 0.717) is 18.5 Å². The summed E-state index contributed by atoms with van der Waals surface area (Å²) in [6.07, 6.45) is -0.331. The second-order valence-corrected chi connectivity index (χ2v) is 7.94. The van der Waals surface area contributed by atoms with Crippen LogP contribution in [0.15, 0.2) is 48.5 Å². The minimum atomic E-state index is -4.37. The number of carbonyl (C=O) groups excluding carboxylic acids is 1. The maximum Gasteiger partial charge on any atom is 0.416 e. The zero-order chi connectivity index (χ0) is 20.4. The van der Waals surface area contributed by atoms with E-state index < -0.39 is 11.7 Å². The number of halogens is 3. The van der Waals surface area contributed by atoms with Gasteiger partial charge in [-0.1, -0.05) is 30.3 Å². The van der Waals surface area contributed by atoms with Crippen LogP contribution >= 0.6 is 0 Å². The first kappa shape index (κ1) is 19.8. The first-order valence-electron chi connectivity index (χ1n) is 10.2. The predicted molar refractivity (Wildman–Crippen MR) is 107 cm³/mol. The van der Waals surface area contributed by atoms with Crippen molar-refractivity contribution in [3.63, 3.8) is 0 Å². The van der Waals surface area contributed by atoms with E-state index in [-0.39, 0.29) is 17.9 Å². The Morgan fingerprint density at radius 1 is 1.10 bits per heavy atom. The summed E-state index contributed by atoms with van der Waals surface area (Å²) in [7, 11) is 0. The van der Waals surface area contributed by atoms with E-state index in [9.17, 15) is 18.0 Å². The zero-order valence-electron chi connectivity index (χ0n) is 16.2. The first-order valence-corrected chi connectivity index (χ1v) is 10.2. The Balaban J connectivity index is 1.51. The fraction of sp³-hybridized carbons (Fsp3) is 0.435. The molecule has 2 aromatic carbocycles. The molecule has 1 N–H and O–H groups in total. The van der Waals surface area contributed by atoms with Crippen molar-refractivity contribution < 1.29 is 18.0 Å². The van der Waals surface area contributed by atoms with Crippen LogP contribution in [-0.2, 0) is 23.8 Å². The molecule has 0 radical (unpaired) electrons. The molecule has 2 aromatic rings. The third-order valence-corrected chi connectivity index (χ3v) is 6.06. The molecule has 4 rings (SSSR count). The van der Waals surface area contributed by atoms with E-state index in [1.54, 1.807) is 6.07 Å². The fourth-order valence-corrected chi connectivity index (χ4v) is 4.63. The van der Waals surface area contributed by atoms with Crippen molar-refractivity contribution in [1.82, 2.24) is 5.32 Å². The maximum absolute atomic E-state index is 13.2. The average molecular weight is 402 g/mol. The fourth-order valence-electron chi connectivity index (χ4n) is 4.63. The molecule has 29 heavy (non-hydrogen) atoms. The molecule has 0 aromatic heterocycles. The largest absolute Gasteiger partial charge is 0.416 e. The van der Waals surface area contributed by atoms with Crippen LogP contribution in [0.1, 0.15) is 36.0 Å². The van der Waals surface area contributed by atoms with Crippen molar-refractivity contribution >= 4 is 11.6 Å². The molecule has 2 aliphatic heterocycles. The predicted octanol–water partition coefficient (Wildman–Crippen LogP) is 4.60. The highest BCUT2D eigenvalue weighted by atomic mass is 19.4. The second kappa shape index (κ2) is 8.09. The molecule has 1 fully saturated rings. The van der Waals surface area contributed by atoms with Gasteiger partial charge in [-0.2, -0.15) is 13.2 Å². The molecule has 3 nitrogen and oxygen atoms in total. The number of piperidine rings is 1. The Kier molecular flexibility index (Phi) is 5.52. The van der Waals surface area contributed by atoms with Crippen LogP contribution in [0.4, 0.5) is 18.9 Å². The van der Waals surface area contributed by atoms with Crippen LogP contribution in [0.3, 0.4) is 0 Å². The van der Waals surface area contributed by atoms with E-state index in [0.717, 1.165) is 49.5 Å². The van der Waals surface area contributed by atoms with Crippen LogP contribution in [0.5, 0.6) is 0 Å². The third kappa shape index (κ3) is 4.26. The zero-order valence-corrected chi connectivity index (χ0v) is 16.2. The number of carbonyl (C=O) groups is 1. The van der Waals surface area contributed by atoms with Gasteiger partial charge < -0.3 is 10.2 Å². The topological polar surface area (TPSA) is 32.3 Å². The number of fused-ring (bicyclic) bond motifs is 3. The standard InChI is InChI=1S/C23H25F3N2O/c24-23(25,26)18-9-10-20-17(14-18)15-19(21-8-4-5-13-28(20)21)22(29)27-12-11-16-6-2-1-3-7-16/h1-3,6-7,9-10,14,19,21H,4-5,8,11-13,15H2,(H,27,29)/t19-,21-/m0/s1. The Morgan fingerprint density at radius 2 is 1.90 bits per heavy atom. The van der Waals surface area contributed by atoms with E-state index in [2.05, 4.69) is 10.2 Å². The molecule has 154 valence electrons. The molecule has 0 bridgehead atoms. The van der Waals surface area contributed by atoms with Gasteiger partial charge in [0, 0.05) is 24.8 Å². The summed E-state index contributed by atoms with van der Waals surface area (Å²) in [5.74, 6) is -0.372. The average Bonchev–Trinajstić information content (AvgIpc) is 2.72. The molecule has 1 amide bonds. The molecule has 2 aliphatic rings. The molecule has 1 saturated heterocycles. The summed E-state index contributed by atoms with van der Waals surface area (Å²) in [4.78, 5) is 15.1. The number of nitrogens with zero attached hydrogens (tertiary/aromatic N) is 1. The van der Waals surface area contributed by atoms with Gasteiger partial charge in [-0.25, -0.2) is 0 Å². The summed E-state index contributed by atoms with van der Waals surface area (Å²) < 4.78 is 39.5. The van der Waals surface area contributed by atoms with Crippen molar-refractivity contribution in [1.29, 1.82) is 0 Å². The summed E-state index contributed by atoms with van der Waals surface area (Å²) >= 11 is 0. The van der Waals surface area contributed by atoms with E-state index >= 15 is 0 Å². The van der Waals surface area contributed by atoms with Gasteiger partial charge in [0.15, 0.2) is 0 Å². The normalized spacial score (nSPS) is 21.3. The van der Waals surface area contributed by atoms with Gasteiger partial charge in [0.1, 0.15) is 0 Å². The summed E-state index contributed by atoms with van der Waals surface area (Å²) in [6.45, 7) is 1.32. The van der Waals surface area contributed by atoms with Gasteiger partial charge >= 0.3 is 6.18 Å². The smallest absolute Gasteiger partial charge is 0.368 e. The molecular weight excluding hydrogens is 377 g/mol. The number of amides is 1. The summed E-state index contributed by atoms with van der Waals surface area (Å²) in [5.41, 5.74) is 1.99. The molecular formula is C23H25F3N2O. The Labute approximate surface area is 168 Å². The van der Waals surface area contributed by atoms with Crippen LogP contribution < -0.4 is 10.2 Å². The lowest BCUT2D eigenvalue weighted by Crippen LogP contribution is -2.53. The SMILES string of the molecule is O=C(NCCc1ccccc1)[C@H]1Cc2cc(C(F)(F)F)ccc2N2CCCC[C@@H]12. The van der Waals surface area contributed by atoms with Gasteiger partial charge in [0.05, 0.1) is 11.5 Å². The first-order chi connectivity index (χ1) is 13.9. The molecule has 0 saturated carbocycles. The molecule has 0 unspecified atom stereocenters. The molecule has 0 spiro atoms. The lowest BCUT2D eigenvalue weighted by molar-refractivity contribution is -0.137. The van der Waals surface area contributed by atoms with E-state index in [1.165, 1.54) is 6.07 Å². The lowest BCUT2D eigenvalue weighted by Gasteiger charge is -2.46. The number of hydrogen-bond acceptors (Lipinski definition) is 2. The number of benzene rings is 2. The number of anilines is 1. The second-order valence-electron chi connectivity index (χ2n) is 7.94. The van der Waals surface area contributed by atoms with Crippen LogP contribution in [0, 0.1) is 5.92 Å². The third-order valence-electron chi connectivity index (χ3n) is 6.06. The molecule has 2 atom stereocenters. The van der Waals surface area contributed by atoms with Crippen molar-refractivity contribution in [3.8, 4) is 0 Å². The highest BCUT2D eigenvalue weighted by Crippen LogP contribution is 2.41. The molecule has 0 aliphatic carbocycles. The van der Waals surface area contributed by atoms with Crippen molar-refractivity contribution in [2.24, 2.45) is 5.92 Å². The van der Waals surface area contributed by atoms with Crippen molar-refractivity contribution in [3.05, 3.63) is 65.2 Å². The van der Waals surface area contributed by atoms with Gasteiger partial charge in [-0.3, -0.25) is 4.79 Å². The number of nitrogens with one attached hydrogen (secondary N) is 1. The highest BCUT2D eigenvalue weighted by Gasteiger charge is 2.40. The van der Waals surface area contributed by atoms with E-state index in [4.69, 9.17) is 0 Å². The van der Waals surface area contributed by atoms with Crippen LogP contribution in [0.25, 0.3) is 0 Å². The summed E-state index contributed by atoms with van der Waals surface area (Å²) in [6, 6.07) is 13.9. The van der Waals surface area contributed by atoms with Gasteiger partial charge in [0.2, 0.25) is 5.91 Å². The van der Waals surface area contributed by atoms with E-state index in [1.807, 2.05) is 30.3 Å². The maximum atomic E-state index is 13.2. The van der Waals surface area contributed by atoms with Gasteiger partial charge in [-0.15, -0.1) is 0 Å². The minimum Gasteiger partial charge on any atom is -0.368 e. The van der Waals surface area contributed by atoms with Crippen LogP contribution in [0.2, 0.25) is 0 Å². The number of hydrogen-bond donors (Lipinski definition) is 1. The lowest BCUT2D eigenvalue weighted by atomic mass is 9.80. The van der Waals surface area contributed by atoms with Crippen molar-refractivity contribution in [2.45, 2.75) is 44.3 Å². The Hall–Kier alpha value is -2.50. The quantitative estimate of drug-likeness (QED) is 0.811. The number of rotatable bonds is 4. The number of alkyl halides is 3. The highest BCUT2D eigenvalue weighted by molar-refractivity contribution is 5.82. The monoisotopic (exact) mass is 402 g/mol. The van der Waals surface area contributed by atoms with Gasteiger partial charge in [0.25, 0.3) is 0 Å². The van der Waals surface area contributed by atoms with Gasteiger partial charge in [-0.05, 0) is 61.4 Å². The molecule has 2 heterocycles. The van der Waals surface area contributed by atoms with Crippen molar-refractivity contribution in [2.75, 3.05) is 18.0 Å². The minimum absolute atomic E-state index is 0.0547. The van der Waals surface area contributed by atoms with Crippen LogP contribution in [-0.4, -0.2) is 25.0 Å². The Morgan fingerprint density at radius 3 is 2.66 bits per heavy atom. The summed E-state index contributed by atoms with van der Waals surface area (Å²) in [5, 5.41) is 3.02. The Bertz CT molecular complexity index is 866. The molecule has 6 heteroatoms.